The van der Waals surface area contributed by atoms with Gasteiger partial charge in [0.2, 0.25) is 11.9 Å². The fourth-order valence-electron chi connectivity index (χ4n) is 2.38. The smallest absolute Gasteiger partial charge is 0.351 e. The average molecular weight is 338 g/mol. The van der Waals surface area contributed by atoms with E-state index in [1.807, 2.05) is 36.4 Å². The van der Waals surface area contributed by atoms with Crippen LogP contribution in [0.1, 0.15) is 5.89 Å². The van der Waals surface area contributed by atoms with E-state index in [1.54, 1.807) is 18.2 Å². The molecular weight excluding hydrogens is 324 g/mol. The van der Waals surface area contributed by atoms with E-state index in [1.165, 1.54) is 0 Å². The monoisotopic (exact) mass is 338 g/mol. The molecule has 0 N–H and O–H groups in total. The van der Waals surface area contributed by atoms with Gasteiger partial charge in [-0.1, -0.05) is 47.6 Å². The Hall–Kier alpha value is -3.35. The molecule has 3 aromatic rings. The first-order valence-corrected chi connectivity index (χ1v) is 7.73. The Balaban J connectivity index is 1.36. The number of ether oxygens (including phenoxy) is 3. The molecule has 1 aromatic heterocycles. The number of benzene rings is 2. The molecule has 2 heterocycles. The van der Waals surface area contributed by atoms with Gasteiger partial charge in [0.05, 0.1) is 0 Å². The van der Waals surface area contributed by atoms with Crippen molar-refractivity contribution in [3.05, 3.63) is 60.5 Å². The minimum Gasteiger partial charge on any atom is -0.485 e. The number of aromatic nitrogens is 2. The minimum absolute atomic E-state index is 0.0922. The molecule has 7 heteroatoms. The summed E-state index contributed by atoms with van der Waals surface area (Å²) in [5.41, 5.74) is 0.824. The highest BCUT2D eigenvalue weighted by molar-refractivity contribution is 5.75. The Kier molecular flexibility index (Phi) is 4.04. The van der Waals surface area contributed by atoms with Gasteiger partial charge in [-0.2, -0.15) is 4.98 Å². The van der Waals surface area contributed by atoms with E-state index >= 15 is 0 Å². The molecule has 0 radical (unpaired) electrons. The molecule has 7 nitrogen and oxygen atoms in total. The Bertz CT molecular complexity index is 878. The third-order valence-corrected chi connectivity index (χ3v) is 3.61. The number of rotatable bonds is 4. The van der Waals surface area contributed by atoms with Crippen molar-refractivity contribution < 1.29 is 23.5 Å². The molecule has 0 aliphatic carbocycles. The Morgan fingerprint density at radius 3 is 2.68 bits per heavy atom. The molecule has 0 amide bonds. The van der Waals surface area contributed by atoms with Gasteiger partial charge >= 0.3 is 5.97 Å². The van der Waals surface area contributed by atoms with Crippen molar-refractivity contribution in [2.24, 2.45) is 0 Å². The summed E-state index contributed by atoms with van der Waals surface area (Å²) in [4.78, 5) is 16.3. The molecule has 4 rings (SSSR count). The van der Waals surface area contributed by atoms with Crippen molar-refractivity contribution >= 4 is 5.97 Å². The Morgan fingerprint density at radius 1 is 1.08 bits per heavy atom. The zero-order valence-corrected chi connectivity index (χ0v) is 13.1. The number of carbonyl (C=O) groups is 1. The number of para-hydroxylation sites is 2. The van der Waals surface area contributed by atoms with Gasteiger partial charge in [0, 0.05) is 5.56 Å². The van der Waals surface area contributed by atoms with Gasteiger partial charge in [0.1, 0.15) is 6.61 Å². The van der Waals surface area contributed by atoms with Crippen LogP contribution < -0.4 is 9.47 Å². The second-order valence-corrected chi connectivity index (χ2v) is 5.35. The highest BCUT2D eigenvalue weighted by Gasteiger charge is 2.29. The summed E-state index contributed by atoms with van der Waals surface area (Å²) in [5, 5.41) is 3.87. The van der Waals surface area contributed by atoms with E-state index in [9.17, 15) is 4.79 Å². The number of esters is 1. The summed E-state index contributed by atoms with van der Waals surface area (Å²) in [6.45, 7) is -0.0326. The van der Waals surface area contributed by atoms with Crippen LogP contribution in [0.5, 0.6) is 11.5 Å². The minimum atomic E-state index is -0.827. The number of carbonyl (C=O) groups excluding carboxylic acids is 1. The SMILES string of the molecule is O=C(OCc1nc(-c2ccccc2)no1)[C@H]1COc2ccccc2O1. The van der Waals surface area contributed by atoms with Crippen LogP contribution in [0, 0.1) is 0 Å². The summed E-state index contributed by atoms with van der Waals surface area (Å²) < 4.78 is 21.4. The van der Waals surface area contributed by atoms with Crippen molar-refractivity contribution in [3.8, 4) is 22.9 Å². The quantitative estimate of drug-likeness (QED) is 0.676. The number of nitrogens with zero attached hydrogens (tertiary/aromatic N) is 2. The van der Waals surface area contributed by atoms with E-state index in [0.717, 1.165) is 5.56 Å². The number of fused-ring (bicyclic) bond motifs is 1. The van der Waals surface area contributed by atoms with E-state index in [4.69, 9.17) is 18.7 Å². The summed E-state index contributed by atoms with van der Waals surface area (Å²) in [6, 6.07) is 16.5. The van der Waals surface area contributed by atoms with Gasteiger partial charge in [-0.15, -0.1) is 0 Å². The van der Waals surface area contributed by atoms with Gasteiger partial charge in [-0.05, 0) is 12.1 Å². The first kappa shape index (κ1) is 15.2. The van der Waals surface area contributed by atoms with Gasteiger partial charge in [0.25, 0.3) is 5.89 Å². The average Bonchev–Trinajstić information content (AvgIpc) is 3.15. The molecular formula is C18H14N2O5. The van der Waals surface area contributed by atoms with Crippen molar-refractivity contribution in [1.29, 1.82) is 0 Å². The van der Waals surface area contributed by atoms with Crippen molar-refractivity contribution in [3.63, 3.8) is 0 Å². The number of hydrogen-bond acceptors (Lipinski definition) is 7. The third-order valence-electron chi connectivity index (χ3n) is 3.61. The zero-order valence-electron chi connectivity index (χ0n) is 13.1. The topological polar surface area (TPSA) is 83.7 Å². The predicted molar refractivity (Wildman–Crippen MR) is 85.9 cm³/mol. The lowest BCUT2D eigenvalue weighted by Gasteiger charge is -2.24. The van der Waals surface area contributed by atoms with Crippen LogP contribution >= 0.6 is 0 Å². The largest absolute Gasteiger partial charge is 0.485 e. The second kappa shape index (κ2) is 6.64. The molecule has 2 aromatic carbocycles. The maximum absolute atomic E-state index is 12.1. The van der Waals surface area contributed by atoms with E-state index in [0.29, 0.717) is 17.3 Å². The normalized spacial score (nSPS) is 15.6. The molecule has 0 spiro atoms. The summed E-state index contributed by atoms with van der Waals surface area (Å²) in [5.74, 6) is 1.23. The second-order valence-electron chi connectivity index (χ2n) is 5.35. The molecule has 1 aliphatic heterocycles. The van der Waals surface area contributed by atoms with Gasteiger partial charge in [0.15, 0.2) is 18.1 Å². The van der Waals surface area contributed by atoms with Gasteiger partial charge in [-0.3, -0.25) is 0 Å². The standard InChI is InChI=1S/C18H14N2O5/c21-18(15-10-22-13-8-4-5-9-14(13)24-15)23-11-16-19-17(20-25-16)12-6-2-1-3-7-12/h1-9,15H,10-11H2/t15-/m1/s1. The van der Waals surface area contributed by atoms with Crippen LogP contribution in [-0.2, 0) is 16.1 Å². The summed E-state index contributed by atoms with van der Waals surface area (Å²) in [6.07, 6.45) is -0.827. The first-order valence-electron chi connectivity index (χ1n) is 7.73. The lowest BCUT2D eigenvalue weighted by molar-refractivity contribution is -0.156. The Labute approximate surface area is 143 Å². The van der Waals surface area contributed by atoms with Crippen LogP contribution in [0.15, 0.2) is 59.1 Å². The van der Waals surface area contributed by atoms with Gasteiger partial charge < -0.3 is 18.7 Å². The maximum atomic E-state index is 12.1. The predicted octanol–water partition coefficient (Wildman–Crippen LogP) is 2.62. The molecule has 0 fully saturated rings. The van der Waals surface area contributed by atoms with E-state index in [2.05, 4.69) is 10.1 Å². The zero-order chi connectivity index (χ0) is 17.1. The molecule has 0 saturated heterocycles. The van der Waals surface area contributed by atoms with Crippen molar-refractivity contribution in [2.45, 2.75) is 12.7 Å². The molecule has 1 atom stereocenters. The molecule has 126 valence electrons. The van der Waals surface area contributed by atoms with Crippen LogP contribution in [0.3, 0.4) is 0 Å². The van der Waals surface area contributed by atoms with E-state index < -0.39 is 12.1 Å². The van der Waals surface area contributed by atoms with Crippen LogP contribution in [0.4, 0.5) is 0 Å². The van der Waals surface area contributed by atoms with E-state index in [-0.39, 0.29) is 19.1 Å². The highest BCUT2D eigenvalue weighted by Crippen LogP contribution is 2.31. The van der Waals surface area contributed by atoms with Gasteiger partial charge in [-0.25, -0.2) is 4.79 Å². The fraction of sp³-hybridized carbons (Fsp3) is 0.167. The third kappa shape index (κ3) is 3.30. The van der Waals surface area contributed by atoms with Crippen LogP contribution in [0.25, 0.3) is 11.4 Å². The summed E-state index contributed by atoms with van der Waals surface area (Å²) in [7, 11) is 0. The first-order chi connectivity index (χ1) is 12.3. The molecule has 1 aliphatic rings. The lowest BCUT2D eigenvalue weighted by Crippen LogP contribution is -2.37. The fourth-order valence-corrected chi connectivity index (χ4v) is 2.38. The number of hydrogen-bond donors (Lipinski definition) is 0. The highest BCUT2D eigenvalue weighted by atomic mass is 16.6. The van der Waals surface area contributed by atoms with Crippen LogP contribution in [0.2, 0.25) is 0 Å². The van der Waals surface area contributed by atoms with Crippen LogP contribution in [-0.4, -0.2) is 28.8 Å². The lowest BCUT2D eigenvalue weighted by atomic mass is 10.2. The van der Waals surface area contributed by atoms with Crippen molar-refractivity contribution in [1.82, 2.24) is 10.1 Å². The van der Waals surface area contributed by atoms with Crippen molar-refractivity contribution in [2.75, 3.05) is 6.61 Å². The molecule has 0 bridgehead atoms. The molecule has 0 unspecified atom stereocenters. The summed E-state index contributed by atoms with van der Waals surface area (Å²) >= 11 is 0. The maximum Gasteiger partial charge on any atom is 0.351 e. The Morgan fingerprint density at radius 2 is 1.84 bits per heavy atom. The molecule has 0 saturated carbocycles. The molecule has 25 heavy (non-hydrogen) atoms.